The van der Waals surface area contributed by atoms with Gasteiger partial charge in [0.25, 0.3) is 5.91 Å². The number of benzene rings is 3. The number of carbonyl (C=O) groups excluding carboxylic acids is 2. The average molecular weight is 466 g/mol. The third kappa shape index (κ3) is 5.97. The molecule has 0 aliphatic rings. The number of halogens is 5. The zero-order valence-electron chi connectivity index (χ0n) is 16.5. The van der Waals surface area contributed by atoms with Gasteiger partial charge in [0.2, 0.25) is 5.91 Å². The molecular weight excluding hydrogens is 451 g/mol. The molecule has 172 valence electrons. The van der Waals surface area contributed by atoms with E-state index in [1.807, 2.05) is 0 Å². The molecule has 0 aromatic heterocycles. The summed E-state index contributed by atoms with van der Waals surface area (Å²) >= 11 is 0. The summed E-state index contributed by atoms with van der Waals surface area (Å²) in [6, 6.07) is 12.8. The first kappa shape index (κ1) is 23.5. The second-order valence-corrected chi connectivity index (χ2v) is 6.54. The van der Waals surface area contributed by atoms with Crippen molar-refractivity contribution in [2.45, 2.75) is 12.8 Å². The van der Waals surface area contributed by atoms with Crippen molar-refractivity contribution < 1.29 is 41.0 Å². The van der Waals surface area contributed by atoms with Crippen LogP contribution in [0.3, 0.4) is 0 Å². The highest BCUT2D eigenvalue weighted by Gasteiger charge is 2.32. The van der Waals surface area contributed by atoms with Gasteiger partial charge in [0.05, 0.1) is 11.1 Å². The normalized spacial score (nSPS) is 11.2. The maximum Gasteiger partial charge on any atom is 0.416 e. The van der Waals surface area contributed by atoms with Gasteiger partial charge < -0.3 is 20.5 Å². The molecule has 11 heteroatoms. The predicted octanol–water partition coefficient (Wildman–Crippen LogP) is 5.45. The van der Waals surface area contributed by atoms with E-state index in [9.17, 15) is 31.5 Å². The van der Waals surface area contributed by atoms with E-state index in [1.165, 1.54) is 48.5 Å². The number of para-hydroxylation sites is 2. The van der Waals surface area contributed by atoms with E-state index in [4.69, 9.17) is 10.5 Å². The molecule has 0 aliphatic carbocycles. The Balaban J connectivity index is 2.00. The maximum atomic E-state index is 13.2. The van der Waals surface area contributed by atoms with Crippen LogP contribution in [0.2, 0.25) is 0 Å². The Labute approximate surface area is 183 Å². The number of rotatable bonds is 7. The first-order chi connectivity index (χ1) is 15.5. The number of primary amides is 1. The molecule has 0 atom stereocenters. The van der Waals surface area contributed by atoms with Crippen molar-refractivity contribution in [3.63, 3.8) is 0 Å². The van der Waals surface area contributed by atoms with Crippen LogP contribution in [-0.4, -0.2) is 18.4 Å². The Bertz CT molecular complexity index is 1180. The van der Waals surface area contributed by atoms with Gasteiger partial charge in [0.1, 0.15) is 5.75 Å². The van der Waals surface area contributed by atoms with E-state index < -0.39 is 35.7 Å². The van der Waals surface area contributed by atoms with Gasteiger partial charge in [-0.25, -0.2) is 0 Å². The number of nitrogens with two attached hydrogens (primary N) is 1. The fraction of sp³-hybridized carbons (Fsp3) is 0.0909. The number of carbonyl (C=O) groups is 2. The Kier molecular flexibility index (Phi) is 6.80. The summed E-state index contributed by atoms with van der Waals surface area (Å²) in [5.41, 5.74) is 3.66. The van der Waals surface area contributed by atoms with Crippen molar-refractivity contribution in [2.75, 3.05) is 5.32 Å². The summed E-state index contributed by atoms with van der Waals surface area (Å²) in [6.45, 7) is -3.18. The molecule has 33 heavy (non-hydrogen) atoms. The highest BCUT2D eigenvalue weighted by molar-refractivity contribution is 6.07. The maximum absolute atomic E-state index is 13.2. The van der Waals surface area contributed by atoms with Crippen molar-refractivity contribution in [1.29, 1.82) is 0 Å². The zero-order chi connectivity index (χ0) is 24.2. The number of anilines is 1. The van der Waals surface area contributed by atoms with E-state index in [0.29, 0.717) is 12.1 Å². The SMILES string of the molecule is NC(=O)c1cccc(NC(=O)c2cc(C(F)(F)F)ccc2Oc2ccccc2OC(F)F)c1. The fourth-order valence-corrected chi connectivity index (χ4v) is 2.77. The lowest BCUT2D eigenvalue weighted by molar-refractivity contribution is -0.137. The molecule has 0 unspecified atom stereocenters. The summed E-state index contributed by atoms with van der Waals surface area (Å²) < 4.78 is 74.9. The number of amides is 2. The molecule has 2 amide bonds. The van der Waals surface area contributed by atoms with Crippen LogP contribution in [0.15, 0.2) is 66.7 Å². The molecule has 0 bridgehead atoms. The molecule has 3 N–H and O–H groups in total. The molecule has 0 saturated heterocycles. The van der Waals surface area contributed by atoms with Gasteiger partial charge in [-0.3, -0.25) is 9.59 Å². The predicted molar refractivity (Wildman–Crippen MR) is 108 cm³/mol. The van der Waals surface area contributed by atoms with Gasteiger partial charge in [0, 0.05) is 11.3 Å². The Morgan fingerprint density at radius 1 is 0.879 bits per heavy atom. The van der Waals surface area contributed by atoms with Crippen LogP contribution in [0.25, 0.3) is 0 Å². The Hall–Kier alpha value is -4.15. The smallest absolute Gasteiger partial charge is 0.416 e. The number of alkyl halides is 5. The highest BCUT2D eigenvalue weighted by atomic mass is 19.4. The van der Waals surface area contributed by atoms with Crippen molar-refractivity contribution in [1.82, 2.24) is 0 Å². The minimum absolute atomic E-state index is 0.0615. The third-order valence-corrected chi connectivity index (χ3v) is 4.24. The first-order valence-electron chi connectivity index (χ1n) is 9.19. The van der Waals surface area contributed by atoms with Crippen LogP contribution < -0.4 is 20.5 Å². The molecule has 0 spiro atoms. The van der Waals surface area contributed by atoms with Gasteiger partial charge in [-0.1, -0.05) is 18.2 Å². The molecule has 0 fully saturated rings. The number of hydrogen-bond donors (Lipinski definition) is 2. The van der Waals surface area contributed by atoms with Gasteiger partial charge in [-0.2, -0.15) is 22.0 Å². The number of nitrogens with one attached hydrogen (secondary N) is 1. The van der Waals surface area contributed by atoms with Gasteiger partial charge in [-0.05, 0) is 48.5 Å². The second kappa shape index (κ2) is 9.55. The van der Waals surface area contributed by atoms with Crippen molar-refractivity contribution in [3.8, 4) is 17.2 Å². The third-order valence-electron chi connectivity index (χ3n) is 4.24. The molecule has 0 radical (unpaired) electrons. The number of ether oxygens (including phenoxy) is 2. The molecule has 0 aliphatic heterocycles. The topological polar surface area (TPSA) is 90.7 Å². The van der Waals surface area contributed by atoms with Crippen LogP contribution in [-0.2, 0) is 6.18 Å². The van der Waals surface area contributed by atoms with Crippen molar-refractivity contribution in [3.05, 3.63) is 83.4 Å². The minimum Gasteiger partial charge on any atom is -0.453 e. The van der Waals surface area contributed by atoms with Crippen molar-refractivity contribution in [2.24, 2.45) is 5.73 Å². The van der Waals surface area contributed by atoms with Gasteiger partial charge >= 0.3 is 12.8 Å². The lowest BCUT2D eigenvalue weighted by Crippen LogP contribution is -2.16. The van der Waals surface area contributed by atoms with Gasteiger partial charge in [-0.15, -0.1) is 0 Å². The van der Waals surface area contributed by atoms with E-state index in [1.54, 1.807) is 0 Å². The van der Waals surface area contributed by atoms with E-state index in [0.717, 1.165) is 6.07 Å². The average Bonchev–Trinajstić information content (AvgIpc) is 2.74. The summed E-state index contributed by atoms with van der Waals surface area (Å²) in [4.78, 5) is 24.2. The van der Waals surface area contributed by atoms with E-state index >= 15 is 0 Å². The highest BCUT2D eigenvalue weighted by Crippen LogP contribution is 2.37. The van der Waals surface area contributed by atoms with Crippen LogP contribution in [0.4, 0.5) is 27.6 Å². The fourth-order valence-electron chi connectivity index (χ4n) is 2.77. The molecule has 6 nitrogen and oxygen atoms in total. The number of hydrogen-bond acceptors (Lipinski definition) is 4. The summed E-state index contributed by atoms with van der Waals surface area (Å²) in [7, 11) is 0. The first-order valence-corrected chi connectivity index (χ1v) is 9.19. The summed E-state index contributed by atoms with van der Waals surface area (Å²) in [6.07, 6.45) is -4.77. The summed E-state index contributed by atoms with van der Waals surface area (Å²) in [5, 5.41) is 2.36. The lowest BCUT2D eigenvalue weighted by Gasteiger charge is -2.16. The van der Waals surface area contributed by atoms with Crippen molar-refractivity contribution >= 4 is 17.5 Å². The molecule has 0 saturated carbocycles. The van der Waals surface area contributed by atoms with Crippen LogP contribution in [0, 0.1) is 0 Å². The second-order valence-electron chi connectivity index (χ2n) is 6.54. The van der Waals surface area contributed by atoms with E-state index in [-0.39, 0.29) is 28.5 Å². The Morgan fingerprint density at radius 2 is 1.58 bits per heavy atom. The lowest BCUT2D eigenvalue weighted by atomic mass is 10.1. The van der Waals surface area contributed by atoms with Crippen LogP contribution in [0.1, 0.15) is 26.3 Å². The molecule has 0 heterocycles. The monoisotopic (exact) mass is 466 g/mol. The zero-order valence-corrected chi connectivity index (χ0v) is 16.5. The van der Waals surface area contributed by atoms with Gasteiger partial charge in [0.15, 0.2) is 11.5 Å². The molecule has 3 aromatic rings. The minimum atomic E-state index is -4.77. The quantitative estimate of drug-likeness (QED) is 0.453. The Morgan fingerprint density at radius 3 is 2.21 bits per heavy atom. The van der Waals surface area contributed by atoms with Crippen LogP contribution in [0.5, 0.6) is 17.2 Å². The molecule has 3 aromatic carbocycles. The largest absolute Gasteiger partial charge is 0.453 e. The molecular formula is C22H15F5N2O4. The van der Waals surface area contributed by atoms with E-state index in [2.05, 4.69) is 10.1 Å². The standard InChI is InChI=1S/C22H15F5N2O4/c23-21(24)33-18-7-2-1-6-17(18)32-16-9-8-13(22(25,26)27)11-15(16)20(31)29-14-5-3-4-12(10-14)19(28)30/h1-11,21H,(H2,28,30)(H,29,31). The van der Waals surface area contributed by atoms with Crippen LogP contribution >= 0.6 is 0 Å². The molecule has 3 rings (SSSR count). The summed E-state index contributed by atoms with van der Waals surface area (Å²) in [5.74, 6) is -2.76.